The first-order valence-corrected chi connectivity index (χ1v) is 9.08. The molecule has 2 aliphatic heterocycles. The van der Waals surface area contributed by atoms with E-state index in [1.54, 1.807) is 0 Å². The van der Waals surface area contributed by atoms with Gasteiger partial charge >= 0.3 is 0 Å². The molecule has 3 aliphatic rings. The van der Waals surface area contributed by atoms with Crippen molar-refractivity contribution in [1.29, 1.82) is 0 Å². The molecule has 1 saturated carbocycles. The lowest BCUT2D eigenvalue weighted by Crippen LogP contribution is -2.33. The summed E-state index contributed by atoms with van der Waals surface area (Å²) in [6.07, 6.45) is 7.11. The number of aromatic nitrogens is 5. The van der Waals surface area contributed by atoms with Crippen molar-refractivity contribution in [3.8, 4) is 0 Å². The van der Waals surface area contributed by atoms with Gasteiger partial charge in [0.1, 0.15) is 5.82 Å². The van der Waals surface area contributed by atoms with Gasteiger partial charge < -0.3 is 9.88 Å². The van der Waals surface area contributed by atoms with Gasteiger partial charge in [-0.05, 0) is 24.7 Å². The summed E-state index contributed by atoms with van der Waals surface area (Å²) in [6.45, 7) is 3.93. The minimum absolute atomic E-state index is 0.0649. The van der Waals surface area contributed by atoms with Crippen molar-refractivity contribution in [1.82, 2.24) is 34.8 Å². The molecule has 2 atom stereocenters. The van der Waals surface area contributed by atoms with Crippen LogP contribution in [0.25, 0.3) is 0 Å². The molecule has 2 aromatic rings. The van der Waals surface area contributed by atoms with Crippen molar-refractivity contribution in [2.75, 3.05) is 13.1 Å². The van der Waals surface area contributed by atoms with Crippen molar-refractivity contribution in [2.45, 2.75) is 38.4 Å². The van der Waals surface area contributed by atoms with Crippen molar-refractivity contribution >= 4 is 5.91 Å². The summed E-state index contributed by atoms with van der Waals surface area (Å²) in [7, 11) is 1.95. The van der Waals surface area contributed by atoms with Crippen LogP contribution in [0.1, 0.15) is 34.8 Å². The molecule has 8 nitrogen and oxygen atoms in total. The molecule has 132 valence electrons. The van der Waals surface area contributed by atoms with Gasteiger partial charge in [-0.15, -0.1) is 10.2 Å². The van der Waals surface area contributed by atoms with Crippen molar-refractivity contribution in [3.63, 3.8) is 0 Å². The van der Waals surface area contributed by atoms with Crippen molar-refractivity contribution in [2.24, 2.45) is 18.9 Å². The first-order valence-electron chi connectivity index (χ1n) is 9.08. The lowest BCUT2D eigenvalue weighted by molar-refractivity contribution is 0.0932. The van der Waals surface area contributed by atoms with E-state index in [2.05, 4.69) is 31.7 Å². The Labute approximate surface area is 146 Å². The molecule has 0 bridgehead atoms. The Balaban J connectivity index is 1.28. The first-order chi connectivity index (χ1) is 12.2. The van der Waals surface area contributed by atoms with Gasteiger partial charge in [-0.25, -0.2) is 0 Å². The lowest BCUT2D eigenvalue weighted by Gasteiger charge is -2.25. The number of fused-ring (bicyclic) bond motifs is 2. The number of hydrogen-bond acceptors (Lipinski definition) is 5. The minimum Gasteiger partial charge on any atom is -0.347 e. The van der Waals surface area contributed by atoms with Gasteiger partial charge in [-0.3, -0.25) is 14.4 Å². The Morgan fingerprint density at radius 2 is 2.08 bits per heavy atom. The number of carbonyl (C=O) groups is 1. The average Bonchev–Trinajstić information content (AvgIpc) is 2.98. The van der Waals surface area contributed by atoms with Crippen LogP contribution in [0.5, 0.6) is 0 Å². The van der Waals surface area contributed by atoms with Crippen LogP contribution in [0.2, 0.25) is 0 Å². The van der Waals surface area contributed by atoms with Crippen LogP contribution in [0, 0.1) is 11.8 Å². The normalized spacial score (nSPS) is 25.6. The summed E-state index contributed by atoms with van der Waals surface area (Å²) in [4.78, 5) is 14.9. The summed E-state index contributed by atoms with van der Waals surface area (Å²) >= 11 is 0. The number of aryl methyl sites for hydroxylation is 1. The SMILES string of the molecule is Cn1cc(CN2CC3Cc4nnc(C(=O)NC5CC5)n4CC3C2)cn1. The van der Waals surface area contributed by atoms with Gasteiger partial charge in [0, 0.05) is 57.4 Å². The lowest BCUT2D eigenvalue weighted by atomic mass is 9.89. The van der Waals surface area contributed by atoms with E-state index >= 15 is 0 Å². The monoisotopic (exact) mass is 341 g/mol. The Morgan fingerprint density at radius 3 is 2.84 bits per heavy atom. The number of hydrogen-bond donors (Lipinski definition) is 1. The van der Waals surface area contributed by atoms with Gasteiger partial charge in [0.15, 0.2) is 0 Å². The van der Waals surface area contributed by atoms with E-state index in [0.29, 0.717) is 23.7 Å². The summed E-state index contributed by atoms with van der Waals surface area (Å²) in [5.74, 6) is 2.56. The zero-order valence-corrected chi connectivity index (χ0v) is 14.4. The Bertz CT molecular complexity index is 806. The first kappa shape index (κ1) is 15.1. The molecule has 1 aliphatic carbocycles. The van der Waals surface area contributed by atoms with Crippen LogP contribution in [-0.4, -0.2) is 54.5 Å². The maximum atomic E-state index is 12.4. The molecule has 25 heavy (non-hydrogen) atoms. The second kappa shape index (κ2) is 5.66. The van der Waals surface area contributed by atoms with E-state index < -0.39 is 0 Å². The Morgan fingerprint density at radius 1 is 1.24 bits per heavy atom. The van der Waals surface area contributed by atoms with Crippen molar-refractivity contribution < 1.29 is 4.79 Å². The Hall–Kier alpha value is -2.22. The highest BCUT2D eigenvalue weighted by molar-refractivity contribution is 5.91. The van der Waals surface area contributed by atoms with Gasteiger partial charge in [0.05, 0.1) is 6.20 Å². The highest BCUT2D eigenvalue weighted by Crippen LogP contribution is 2.33. The molecule has 1 amide bonds. The maximum Gasteiger partial charge on any atom is 0.289 e. The van der Waals surface area contributed by atoms with Gasteiger partial charge in [0.2, 0.25) is 5.82 Å². The highest BCUT2D eigenvalue weighted by Gasteiger charge is 2.39. The molecular weight excluding hydrogens is 318 g/mol. The molecule has 1 saturated heterocycles. The van der Waals surface area contributed by atoms with E-state index in [1.165, 1.54) is 5.56 Å². The van der Waals surface area contributed by atoms with E-state index in [4.69, 9.17) is 0 Å². The number of amides is 1. The molecule has 1 N–H and O–H groups in total. The van der Waals surface area contributed by atoms with Gasteiger partial charge in [0.25, 0.3) is 5.91 Å². The molecule has 0 radical (unpaired) electrons. The quantitative estimate of drug-likeness (QED) is 0.860. The predicted octanol–water partition coefficient (Wildman–Crippen LogP) is 0.208. The third-order valence-corrected chi connectivity index (χ3v) is 5.62. The van der Waals surface area contributed by atoms with Gasteiger partial charge in [-0.2, -0.15) is 5.10 Å². The summed E-state index contributed by atoms with van der Waals surface area (Å²) in [6, 6.07) is 0.346. The molecule has 2 fully saturated rings. The zero-order chi connectivity index (χ0) is 17.0. The summed E-state index contributed by atoms with van der Waals surface area (Å²) in [5.41, 5.74) is 1.25. The number of rotatable bonds is 4. The molecule has 2 aromatic heterocycles. The fraction of sp³-hybridized carbons (Fsp3) is 0.647. The summed E-state index contributed by atoms with van der Waals surface area (Å²) < 4.78 is 3.90. The Kier molecular flexibility index (Phi) is 3.41. The third kappa shape index (κ3) is 2.84. The topological polar surface area (TPSA) is 80.9 Å². The summed E-state index contributed by atoms with van der Waals surface area (Å²) in [5, 5.41) is 15.8. The number of likely N-dealkylation sites (tertiary alicyclic amines) is 1. The number of nitrogens with one attached hydrogen (secondary N) is 1. The van der Waals surface area contributed by atoms with E-state index in [9.17, 15) is 4.79 Å². The second-order valence-electron chi connectivity index (χ2n) is 7.74. The number of carbonyl (C=O) groups excluding carboxylic acids is 1. The third-order valence-electron chi connectivity index (χ3n) is 5.62. The minimum atomic E-state index is -0.0649. The smallest absolute Gasteiger partial charge is 0.289 e. The fourth-order valence-corrected chi connectivity index (χ4v) is 4.21. The molecule has 0 aromatic carbocycles. The van der Waals surface area contributed by atoms with Crippen molar-refractivity contribution in [3.05, 3.63) is 29.6 Å². The van der Waals surface area contributed by atoms with Crippen LogP contribution < -0.4 is 5.32 Å². The molecule has 8 heteroatoms. The predicted molar refractivity (Wildman–Crippen MR) is 89.7 cm³/mol. The van der Waals surface area contributed by atoms with Crippen LogP contribution in [-0.2, 0) is 26.6 Å². The molecule has 4 heterocycles. The zero-order valence-electron chi connectivity index (χ0n) is 14.4. The van der Waals surface area contributed by atoms with Crippen LogP contribution in [0.15, 0.2) is 12.4 Å². The molecule has 0 spiro atoms. The number of nitrogens with zero attached hydrogens (tertiary/aromatic N) is 6. The van der Waals surface area contributed by atoms with Crippen LogP contribution >= 0.6 is 0 Å². The van der Waals surface area contributed by atoms with Crippen LogP contribution in [0.4, 0.5) is 0 Å². The van der Waals surface area contributed by atoms with E-state index in [0.717, 1.165) is 51.3 Å². The van der Waals surface area contributed by atoms with E-state index in [-0.39, 0.29) is 5.91 Å². The molecule has 5 rings (SSSR count). The second-order valence-corrected chi connectivity index (χ2v) is 7.74. The van der Waals surface area contributed by atoms with E-state index in [1.807, 2.05) is 22.5 Å². The average molecular weight is 341 g/mol. The maximum absolute atomic E-state index is 12.4. The standard InChI is InChI=1S/C17H23N7O/c1-22-6-11(5-18-22)7-23-8-12-4-15-20-21-16(17(25)19-14-2-3-14)24(15)10-13(12)9-23/h5-6,12-14H,2-4,7-10H2,1H3,(H,19,25). The fourth-order valence-electron chi connectivity index (χ4n) is 4.21. The van der Waals surface area contributed by atoms with Gasteiger partial charge in [-0.1, -0.05) is 0 Å². The molecule has 2 unspecified atom stereocenters. The highest BCUT2D eigenvalue weighted by atomic mass is 16.2. The molecular formula is C17H23N7O. The largest absolute Gasteiger partial charge is 0.347 e. The van der Waals surface area contributed by atoms with Crippen LogP contribution in [0.3, 0.4) is 0 Å².